The molecule has 0 unspecified atom stereocenters. The fraction of sp³-hybridized carbons (Fsp3) is 0.462. The number of benzene rings is 1. The van der Waals surface area contributed by atoms with E-state index >= 15 is 0 Å². The third kappa shape index (κ3) is 3.52. The molecule has 19 heavy (non-hydrogen) atoms. The second kappa shape index (κ2) is 6.76. The Bertz CT molecular complexity index is 474. The van der Waals surface area contributed by atoms with E-state index in [1.54, 1.807) is 19.2 Å². The molecule has 2 rings (SSSR count). The Labute approximate surface area is 131 Å². The summed E-state index contributed by atoms with van der Waals surface area (Å²) in [6.07, 6.45) is 0.964. The number of ether oxygens (including phenoxy) is 1. The zero-order valence-corrected chi connectivity index (χ0v) is 13.6. The van der Waals surface area contributed by atoms with E-state index in [0.717, 1.165) is 29.6 Å². The smallest absolute Gasteiger partial charge is 0.257 e. The zero-order chi connectivity index (χ0) is 13.8. The summed E-state index contributed by atoms with van der Waals surface area (Å²) in [6, 6.07) is 3.50. The van der Waals surface area contributed by atoms with Crippen molar-refractivity contribution in [2.24, 2.45) is 0 Å². The van der Waals surface area contributed by atoms with Crippen LogP contribution in [0.5, 0.6) is 5.75 Å². The van der Waals surface area contributed by atoms with Crippen LogP contribution in [0.3, 0.4) is 0 Å². The van der Waals surface area contributed by atoms with Gasteiger partial charge in [0, 0.05) is 23.2 Å². The lowest BCUT2D eigenvalue weighted by Crippen LogP contribution is -2.34. The van der Waals surface area contributed by atoms with Crippen molar-refractivity contribution in [3.8, 4) is 5.75 Å². The molecular formula is C13H16ClIN2O2. The highest BCUT2D eigenvalue weighted by atomic mass is 127. The van der Waals surface area contributed by atoms with Gasteiger partial charge in [-0.25, -0.2) is 0 Å². The van der Waals surface area contributed by atoms with Crippen molar-refractivity contribution in [1.82, 2.24) is 10.2 Å². The normalized spacial score (nSPS) is 16.1. The predicted molar refractivity (Wildman–Crippen MR) is 84.1 cm³/mol. The number of hydrogen-bond donors (Lipinski definition) is 1. The van der Waals surface area contributed by atoms with E-state index in [9.17, 15) is 4.79 Å². The van der Waals surface area contributed by atoms with Crippen molar-refractivity contribution < 1.29 is 9.53 Å². The van der Waals surface area contributed by atoms with Crippen LogP contribution in [0, 0.1) is 3.57 Å². The average molecular weight is 395 g/mol. The van der Waals surface area contributed by atoms with Gasteiger partial charge < -0.3 is 15.0 Å². The van der Waals surface area contributed by atoms with Gasteiger partial charge in [-0.15, -0.1) is 0 Å². The van der Waals surface area contributed by atoms with Crippen LogP contribution >= 0.6 is 34.2 Å². The number of rotatable bonds is 2. The topological polar surface area (TPSA) is 41.6 Å². The van der Waals surface area contributed by atoms with Gasteiger partial charge in [-0.1, -0.05) is 11.6 Å². The third-order valence-electron chi connectivity index (χ3n) is 3.10. The van der Waals surface area contributed by atoms with E-state index in [4.69, 9.17) is 16.3 Å². The minimum absolute atomic E-state index is 0.0150. The fourth-order valence-electron chi connectivity index (χ4n) is 2.08. The zero-order valence-electron chi connectivity index (χ0n) is 10.7. The summed E-state index contributed by atoms with van der Waals surface area (Å²) in [4.78, 5) is 14.4. The van der Waals surface area contributed by atoms with E-state index in [2.05, 4.69) is 27.9 Å². The molecular weight excluding hydrogens is 379 g/mol. The molecule has 1 amide bonds. The monoisotopic (exact) mass is 394 g/mol. The van der Waals surface area contributed by atoms with Crippen LogP contribution in [-0.2, 0) is 0 Å². The van der Waals surface area contributed by atoms with Crippen molar-refractivity contribution in [3.63, 3.8) is 0 Å². The molecule has 0 aromatic heterocycles. The lowest BCUT2D eigenvalue weighted by Gasteiger charge is -2.21. The lowest BCUT2D eigenvalue weighted by atomic mass is 10.1. The molecule has 1 fully saturated rings. The number of carbonyl (C=O) groups excluding carboxylic acids is 1. The molecule has 0 atom stereocenters. The molecule has 4 nitrogen and oxygen atoms in total. The van der Waals surface area contributed by atoms with Crippen molar-refractivity contribution in [1.29, 1.82) is 0 Å². The second-order valence-corrected chi connectivity index (χ2v) is 5.93. The number of nitrogens with one attached hydrogen (secondary N) is 1. The Kier molecular flexibility index (Phi) is 5.29. The summed E-state index contributed by atoms with van der Waals surface area (Å²) in [5, 5.41) is 3.86. The minimum atomic E-state index is -0.0150. The molecule has 1 aliphatic rings. The predicted octanol–water partition coefficient (Wildman–Crippen LogP) is 2.39. The van der Waals surface area contributed by atoms with E-state index in [-0.39, 0.29) is 5.91 Å². The number of methoxy groups -OCH3 is 1. The SMILES string of the molecule is COc1cc(I)c(Cl)cc1C(=O)N1CCCNCC1. The van der Waals surface area contributed by atoms with Crippen molar-refractivity contribution in [2.75, 3.05) is 33.3 Å². The Morgan fingerprint density at radius 2 is 2.21 bits per heavy atom. The van der Waals surface area contributed by atoms with Gasteiger partial charge in [-0.2, -0.15) is 0 Å². The highest BCUT2D eigenvalue weighted by molar-refractivity contribution is 14.1. The Balaban J connectivity index is 2.29. The molecule has 1 aromatic rings. The first-order valence-electron chi connectivity index (χ1n) is 6.16. The number of hydrogen-bond acceptors (Lipinski definition) is 3. The van der Waals surface area contributed by atoms with Crippen molar-refractivity contribution in [2.45, 2.75) is 6.42 Å². The van der Waals surface area contributed by atoms with E-state index in [1.165, 1.54) is 0 Å². The van der Waals surface area contributed by atoms with Gasteiger partial charge >= 0.3 is 0 Å². The minimum Gasteiger partial charge on any atom is -0.496 e. The Morgan fingerprint density at radius 1 is 1.42 bits per heavy atom. The van der Waals surface area contributed by atoms with Crippen LogP contribution in [-0.4, -0.2) is 44.1 Å². The maximum atomic E-state index is 12.6. The standard InChI is InChI=1S/C13H16ClIN2O2/c1-19-12-8-11(15)10(14)7-9(12)13(18)17-5-2-3-16-4-6-17/h7-8,16H,2-6H2,1H3. The number of carbonyl (C=O) groups is 1. The van der Waals surface area contributed by atoms with Gasteiger partial charge in [0.25, 0.3) is 5.91 Å². The molecule has 0 saturated carbocycles. The van der Waals surface area contributed by atoms with Crippen LogP contribution in [0.15, 0.2) is 12.1 Å². The Morgan fingerprint density at radius 3 is 2.95 bits per heavy atom. The van der Waals surface area contributed by atoms with Gasteiger partial charge in [-0.3, -0.25) is 4.79 Å². The number of amides is 1. The molecule has 0 radical (unpaired) electrons. The average Bonchev–Trinajstić information content (AvgIpc) is 2.69. The molecule has 1 saturated heterocycles. The van der Waals surface area contributed by atoms with Crippen LogP contribution in [0.2, 0.25) is 5.02 Å². The molecule has 1 aromatic carbocycles. The van der Waals surface area contributed by atoms with Gasteiger partial charge in [0.2, 0.25) is 0 Å². The first kappa shape index (κ1) is 14.9. The van der Waals surface area contributed by atoms with Gasteiger partial charge in [0.1, 0.15) is 5.75 Å². The second-order valence-electron chi connectivity index (χ2n) is 4.36. The van der Waals surface area contributed by atoms with Crippen molar-refractivity contribution in [3.05, 3.63) is 26.3 Å². The summed E-state index contributed by atoms with van der Waals surface area (Å²) in [5.41, 5.74) is 0.537. The van der Waals surface area contributed by atoms with Gasteiger partial charge in [-0.05, 0) is 47.7 Å². The Hall–Kier alpha value is -0.530. The van der Waals surface area contributed by atoms with Crippen molar-refractivity contribution >= 4 is 40.1 Å². The van der Waals surface area contributed by atoms with E-state index < -0.39 is 0 Å². The molecule has 0 spiro atoms. The number of nitrogens with zero attached hydrogens (tertiary/aromatic N) is 1. The third-order valence-corrected chi connectivity index (χ3v) is 4.62. The highest BCUT2D eigenvalue weighted by Gasteiger charge is 2.21. The molecule has 1 heterocycles. The summed E-state index contributed by atoms with van der Waals surface area (Å²) in [5.74, 6) is 0.565. The molecule has 0 aliphatic carbocycles. The van der Waals surface area contributed by atoms with Crippen LogP contribution in [0.1, 0.15) is 16.8 Å². The van der Waals surface area contributed by atoms with Crippen LogP contribution in [0.25, 0.3) is 0 Å². The summed E-state index contributed by atoms with van der Waals surface area (Å²) >= 11 is 8.24. The summed E-state index contributed by atoms with van der Waals surface area (Å²) in [6.45, 7) is 3.25. The molecule has 104 valence electrons. The molecule has 1 aliphatic heterocycles. The first-order valence-corrected chi connectivity index (χ1v) is 7.62. The highest BCUT2D eigenvalue weighted by Crippen LogP contribution is 2.29. The van der Waals surface area contributed by atoms with Gasteiger partial charge in [0.05, 0.1) is 17.7 Å². The lowest BCUT2D eigenvalue weighted by molar-refractivity contribution is 0.0763. The number of halogens is 2. The van der Waals surface area contributed by atoms with E-state index in [0.29, 0.717) is 22.9 Å². The fourth-order valence-corrected chi connectivity index (χ4v) is 2.69. The largest absolute Gasteiger partial charge is 0.496 e. The molecule has 0 bridgehead atoms. The molecule has 1 N–H and O–H groups in total. The van der Waals surface area contributed by atoms with Crippen LogP contribution in [0.4, 0.5) is 0 Å². The van der Waals surface area contributed by atoms with E-state index in [1.807, 2.05) is 4.90 Å². The van der Waals surface area contributed by atoms with Crippen LogP contribution < -0.4 is 10.1 Å². The molecule has 6 heteroatoms. The maximum Gasteiger partial charge on any atom is 0.257 e. The summed E-state index contributed by atoms with van der Waals surface area (Å²) in [7, 11) is 1.57. The summed E-state index contributed by atoms with van der Waals surface area (Å²) < 4.78 is 6.18. The first-order chi connectivity index (χ1) is 9.13. The van der Waals surface area contributed by atoms with Gasteiger partial charge in [0.15, 0.2) is 0 Å². The quantitative estimate of drug-likeness (QED) is 0.783. The maximum absolute atomic E-state index is 12.6.